The van der Waals surface area contributed by atoms with Gasteiger partial charge in [-0.25, -0.2) is 0 Å². The number of nitro groups is 1. The molecular formula is C14H21N3O4. The number of nitrogens with zero attached hydrogens (tertiary/aromatic N) is 1. The Morgan fingerprint density at radius 3 is 2.62 bits per heavy atom. The maximum Gasteiger partial charge on any atom is 0.293 e. The van der Waals surface area contributed by atoms with Crippen LogP contribution in [0.2, 0.25) is 0 Å². The first-order valence-corrected chi connectivity index (χ1v) is 6.79. The van der Waals surface area contributed by atoms with Gasteiger partial charge in [-0.05, 0) is 25.0 Å². The van der Waals surface area contributed by atoms with E-state index in [1.54, 1.807) is 0 Å². The molecule has 0 fully saturated rings. The Morgan fingerprint density at radius 1 is 1.48 bits per heavy atom. The number of nitrogens with one attached hydrogen (secondary N) is 1. The normalized spacial score (nSPS) is 12.2. The summed E-state index contributed by atoms with van der Waals surface area (Å²) in [5.74, 6) is -0.466. The third kappa shape index (κ3) is 4.71. The number of hydrogen-bond acceptors (Lipinski definition) is 5. The number of hydrogen-bond donors (Lipinski definition) is 2. The molecule has 1 atom stereocenters. The second kappa shape index (κ2) is 7.58. The fraction of sp³-hybridized carbons (Fsp3) is 0.500. The minimum Gasteiger partial charge on any atom is -0.380 e. The number of carbonyl (C=O) groups is 1. The Hall–Kier alpha value is -2.15. The average molecular weight is 295 g/mol. The van der Waals surface area contributed by atoms with Crippen LogP contribution in [0.4, 0.5) is 11.4 Å². The first-order chi connectivity index (χ1) is 9.86. The molecule has 0 radical (unpaired) electrons. The highest BCUT2D eigenvalue weighted by Crippen LogP contribution is 2.27. The molecule has 0 saturated heterocycles. The highest BCUT2D eigenvalue weighted by atomic mass is 16.6. The van der Waals surface area contributed by atoms with Gasteiger partial charge < -0.3 is 15.8 Å². The summed E-state index contributed by atoms with van der Waals surface area (Å²) in [6.07, 6.45) is 0. The van der Waals surface area contributed by atoms with Crippen LogP contribution in [0.3, 0.4) is 0 Å². The zero-order valence-corrected chi connectivity index (χ0v) is 12.5. The van der Waals surface area contributed by atoms with Crippen LogP contribution < -0.4 is 11.1 Å². The molecule has 0 aliphatic heterocycles. The van der Waals surface area contributed by atoms with Gasteiger partial charge in [-0.2, -0.15) is 0 Å². The molecule has 1 aromatic carbocycles. The smallest absolute Gasteiger partial charge is 0.293 e. The van der Waals surface area contributed by atoms with Crippen molar-refractivity contribution in [1.82, 2.24) is 0 Å². The predicted molar refractivity (Wildman–Crippen MR) is 80.4 cm³/mol. The van der Waals surface area contributed by atoms with E-state index in [-0.39, 0.29) is 23.2 Å². The predicted octanol–water partition coefficient (Wildman–Crippen LogP) is 2.17. The van der Waals surface area contributed by atoms with Crippen LogP contribution in [0.25, 0.3) is 0 Å². The van der Waals surface area contributed by atoms with E-state index in [0.29, 0.717) is 18.9 Å². The molecule has 21 heavy (non-hydrogen) atoms. The third-order valence-corrected chi connectivity index (χ3v) is 3.13. The van der Waals surface area contributed by atoms with Crippen molar-refractivity contribution >= 4 is 17.3 Å². The van der Waals surface area contributed by atoms with E-state index >= 15 is 0 Å². The van der Waals surface area contributed by atoms with Crippen LogP contribution in [-0.4, -0.2) is 30.1 Å². The number of benzene rings is 1. The fourth-order valence-corrected chi connectivity index (χ4v) is 1.80. The Bertz CT molecular complexity index is 517. The van der Waals surface area contributed by atoms with Crippen molar-refractivity contribution in [3.8, 4) is 0 Å². The van der Waals surface area contributed by atoms with Crippen molar-refractivity contribution in [2.45, 2.75) is 26.8 Å². The van der Waals surface area contributed by atoms with E-state index in [1.807, 2.05) is 20.8 Å². The number of primary amides is 1. The number of rotatable bonds is 8. The van der Waals surface area contributed by atoms with Gasteiger partial charge in [0.05, 0.1) is 17.6 Å². The van der Waals surface area contributed by atoms with E-state index < -0.39 is 10.8 Å². The second-order valence-electron chi connectivity index (χ2n) is 5.01. The molecule has 0 aliphatic rings. The summed E-state index contributed by atoms with van der Waals surface area (Å²) in [4.78, 5) is 21.7. The van der Waals surface area contributed by atoms with Crippen molar-refractivity contribution in [1.29, 1.82) is 0 Å². The summed E-state index contributed by atoms with van der Waals surface area (Å²) in [5, 5.41) is 14.3. The first kappa shape index (κ1) is 16.9. The van der Waals surface area contributed by atoms with Crippen LogP contribution in [0.15, 0.2) is 18.2 Å². The molecule has 3 N–H and O–H groups in total. The highest BCUT2D eigenvalue weighted by molar-refractivity contribution is 5.94. The molecular weight excluding hydrogens is 274 g/mol. The van der Waals surface area contributed by atoms with Gasteiger partial charge in [-0.3, -0.25) is 14.9 Å². The standard InChI is InChI=1S/C14H21N3O4/c1-4-21-8-12(9(2)3)16-11-6-5-10(14(15)18)7-13(11)17(19)20/h5-7,9,12,16H,4,8H2,1-3H3,(H2,15,18). The molecule has 1 unspecified atom stereocenters. The SMILES string of the molecule is CCOCC(Nc1ccc(C(N)=O)cc1[N+](=O)[O-])C(C)C. The van der Waals surface area contributed by atoms with Crippen LogP contribution in [0.5, 0.6) is 0 Å². The zero-order chi connectivity index (χ0) is 16.0. The zero-order valence-electron chi connectivity index (χ0n) is 12.5. The third-order valence-electron chi connectivity index (χ3n) is 3.13. The van der Waals surface area contributed by atoms with Crippen molar-refractivity contribution < 1.29 is 14.5 Å². The summed E-state index contributed by atoms with van der Waals surface area (Å²) in [5.41, 5.74) is 5.43. The highest BCUT2D eigenvalue weighted by Gasteiger charge is 2.21. The van der Waals surface area contributed by atoms with Gasteiger partial charge in [-0.1, -0.05) is 13.8 Å². The maximum atomic E-state index is 11.1. The van der Waals surface area contributed by atoms with Gasteiger partial charge in [0, 0.05) is 18.2 Å². The molecule has 7 heteroatoms. The maximum absolute atomic E-state index is 11.1. The van der Waals surface area contributed by atoms with Crippen molar-refractivity contribution in [3.63, 3.8) is 0 Å². The number of amides is 1. The molecule has 0 spiro atoms. The molecule has 0 aromatic heterocycles. The van der Waals surface area contributed by atoms with E-state index in [1.165, 1.54) is 18.2 Å². The van der Waals surface area contributed by atoms with Crippen LogP contribution in [-0.2, 0) is 4.74 Å². The number of carbonyl (C=O) groups excluding carboxylic acids is 1. The van der Waals surface area contributed by atoms with Gasteiger partial charge >= 0.3 is 0 Å². The lowest BCUT2D eigenvalue weighted by Crippen LogP contribution is -2.31. The lowest BCUT2D eigenvalue weighted by Gasteiger charge is -2.23. The minimum atomic E-state index is -0.695. The molecule has 7 nitrogen and oxygen atoms in total. The largest absolute Gasteiger partial charge is 0.380 e. The van der Waals surface area contributed by atoms with Crippen LogP contribution >= 0.6 is 0 Å². The monoisotopic (exact) mass is 295 g/mol. The molecule has 0 aliphatic carbocycles. The van der Waals surface area contributed by atoms with Gasteiger partial charge in [0.2, 0.25) is 5.91 Å². The summed E-state index contributed by atoms with van der Waals surface area (Å²) in [6.45, 7) is 6.92. The van der Waals surface area contributed by atoms with Crippen molar-refractivity contribution in [3.05, 3.63) is 33.9 Å². The molecule has 0 bridgehead atoms. The summed E-state index contributed by atoms with van der Waals surface area (Å²) < 4.78 is 5.38. The van der Waals surface area contributed by atoms with E-state index in [9.17, 15) is 14.9 Å². The molecule has 0 heterocycles. The molecule has 0 saturated carbocycles. The van der Waals surface area contributed by atoms with E-state index in [4.69, 9.17) is 10.5 Å². The van der Waals surface area contributed by atoms with Crippen molar-refractivity contribution in [2.24, 2.45) is 11.7 Å². The van der Waals surface area contributed by atoms with Crippen molar-refractivity contribution in [2.75, 3.05) is 18.5 Å². The Morgan fingerprint density at radius 2 is 2.14 bits per heavy atom. The number of nitro benzene ring substituents is 1. The topological polar surface area (TPSA) is 107 Å². The fourth-order valence-electron chi connectivity index (χ4n) is 1.80. The average Bonchev–Trinajstić information content (AvgIpc) is 2.42. The van der Waals surface area contributed by atoms with E-state index in [0.717, 1.165) is 0 Å². The lowest BCUT2D eigenvalue weighted by atomic mass is 10.0. The Balaban J connectivity index is 3.05. The molecule has 1 amide bonds. The van der Waals surface area contributed by atoms with Gasteiger partial charge in [0.1, 0.15) is 5.69 Å². The summed E-state index contributed by atoms with van der Waals surface area (Å²) >= 11 is 0. The van der Waals surface area contributed by atoms with Crippen LogP contribution in [0.1, 0.15) is 31.1 Å². The lowest BCUT2D eigenvalue weighted by molar-refractivity contribution is -0.384. The van der Waals surface area contributed by atoms with Gasteiger partial charge in [-0.15, -0.1) is 0 Å². The Kier molecular flexibility index (Phi) is 6.10. The molecule has 1 aromatic rings. The Labute approximate surface area is 123 Å². The molecule has 116 valence electrons. The number of ether oxygens (including phenoxy) is 1. The van der Waals surface area contributed by atoms with Crippen LogP contribution in [0, 0.1) is 16.0 Å². The minimum absolute atomic E-state index is 0.0666. The van der Waals surface area contributed by atoms with E-state index in [2.05, 4.69) is 5.32 Å². The second-order valence-corrected chi connectivity index (χ2v) is 5.01. The number of anilines is 1. The molecule has 1 rings (SSSR count). The summed E-state index contributed by atoms with van der Waals surface area (Å²) in [6, 6.07) is 4.08. The first-order valence-electron chi connectivity index (χ1n) is 6.79. The quantitative estimate of drug-likeness (QED) is 0.564. The summed E-state index contributed by atoms with van der Waals surface area (Å²) in [7, 11) is 0. The van der Waals surface area contributed by atoms with Gasteiger partial charge in [0.15, 0.2) is 0 Å². The number of nitrogens with two attached hydrogens (primary N) is 1. The van der Waals surface area contributed by atoms with Gasteiger partial charge in [0.25, 0.3) is 5.69 Å².